The number of nitrogens with zero attached hydrogens (tertiary/aromatic N) is 3. The fourth-order valence-electron chi connectivity index (χ4n) is 4.56. The van der Waals surface area contributed by atoms with Crippen LogP contribution in [0, 0.1) is 0 Å². The summed E-state index contributed by atoms with van der Waals surface area (Å²) < 4.78 is 39.2. The van der Waals surface area contributed by atoms with E-state index in [2.05, 4.69) is 10.1 Å². The van der Waals surface area contributed by atoms with Gasteiger partial charge in [0.05, 0.1) is 30.3 Å². The highest BCUT2D eigenvalue weighted by atomic mass is 31.2. The first-order chi connectivity index (χ1) is 20.3. The van der Waals surface area contributed by atoms with Crippen molar-refractivity contribution in [3.63, 3.8) is 0 Å². The Labute approximate surface area is 246 Å². The minimum Gasteiger partial charge on any atom is -0.465 e. The minimum atomic E-state index is -4.07. The summed E-state index contributed by atoms with van der Waals surface area (Å²) in [5.74, 6) is 0.755. The highest BCUT2D eigenvalue weighted by Gasteiger charge is 2.34. The number of anilines is 1. The molecule has 4 rings (SSSR count). The van der Waals surface area contributed by atoms with Gasteiger partial charge in [0, 0.05) is 12.0 Å². The fourth-order valence-corrected chi connectivity index (χ4v) is 6.09. The van der Waals surface area contributed by atoms with Crippen molar-refractivity contribution in [2.45, 2.75) is 65.6 Å². The van der Waals surface area contributed by atoms with Crippen LogP contribution in [-0.4, -0.2) is 46.4 Å². The monoisotopic (exact) mass is 597 g/mol. The van der Waals surface area contributed by atoms with Crippen LogP contribution in [0.1, 0.15) is 58.8 Å². The predicted octanol–water partition coefficient (Wildman–Crippen LogP) is 6.18. The summed E-state index contributed by atoms with van der Waals surface area (Å²) in [6.45, 7) is 8.50. The number of unbranched alkanes of at least 4 members (excludes halogenated alkanes) is 1. The summed E-state index contributed by atoms with van der Waals surface area (Å²) in [6, 6.07) is 15.1. The van der Waals surface area contributed by atoms with Gasteiger partial charge in [0.2, 0.25) is 0 Å². The van der Waals surface area contributed by atoms with Crippen LogP contribution < -0.4 is 15.3 Å². The Morgan fingerprint density at radius 1 is 1.07 bits per heavy atom. The number of hydrogen-bond donors (Lipinski definition) is 2. The molecule has 0 aliphatic carbocycles. The Bertz CT molecular complexity index is 1530. The van der Waals surface area contributed by atoms with Gasteiger partial charge in [-0.25, -0.2) is 14.5 Å². The summed E-state index contributed by atoms with van der Waals surface area (Å²) in [5.41, 5.74) is 8.44. The predicted molar refractivity (Wildman–Crippen MR) is 163 cm³/mol. The second-order valence-corrected chi connectivity index (χ2v) is 11.6. The van der Waals surface area contributed by atoms with E-state index in [1.807, 2.05) is 55.7 Å². The van der Waals surface area contributed by atoms with Crippen LogP contribution in [0.4, 0.5) is 5.82 Å². The molecule has 0 aliphatic rings. The van der Waals surface area contributed by atoms with Crippen LogP contribution in [0.2, 0.25) is 0 Å². The number of para-hydroxylation sites is 2. The number of esters is 1. The van der Waals surface area contributed by atoms with Crippen LogP contribution in [0.5, 0.6) is 5.75 Å². The lowest BCUT2D eigenvalue weighted by Gasteiger charge is -2.26. The summed E-state index contributed by atoms with van der Waals surface area (Å²) in [7, 11) is -4.07. The molecule has 3 atom stereocenters. The van der Waals surface area contributed by atoms with E-state index in [-0.39, 0.29) is 25.9 Å². The number of hydrogen-bond acceptors (Lipinski definition) is 9. The molecular weight excluding hydrogens is 557 g/mol. The zero-order chi connectivity index (χ0) is 30.1. The van der Waals surface area contributed by atoms with Crippen molar-refractivity contribution in [3.8, 4) is 5.75 Å². The van der Waals surface area contributed by atoms with Crippen molar-refractivity contribution < 1.29 is 27.9 Å². The van der Waals surface area contributed by atoms with Crippen molar-refractivity contribution in [2.24, 2.45) is 0 Å². The normalized spacial score (nSPS) is 14.5. The molecule has 0 radical (unpaired) electrons. The number of pyridine rings is 1. The smallest absolute Gasteiger partial charge is 0.459 e. The van der Waals surface area contributed by atoms with Crippen LogP contribution in [0.25, 0.3) is 21.9 Å². The summed E-state index contributed by atoms with van der Waals surface area (Å²) in [4.78, 5) is 22.0. The summed E-state index contributed by atoms with van der Waals surface area (Å²) in [5, 5.41) is 3.65. The lowest BCUT2D eigenvalue weighted by molar-refractivity contribution is -0.145. The van der Waals surface area contributed by atoms with Gasteiger partial charge in [-0.05, 0) is 44.9 Å². The van der Waals surface area contributed by atoms with Gasteiger partial charge in [-0.1, -0.05) is 56.7 Å². The molecule has 2 aromatic heterocycles. The maximum atomic E-state index is 14.2. The zero-order valence-electron chi connectivity index (χ0n) is 24.6. The van der Waals surface area contributed by atoms with E-state index < -0.39 is 19.8 Å². The SMILES string of the molecule is CCCCOC(=O)[C@H](C)NP(=O)(OC[C@@H](CC)n1c(COCC)nc2c(N)nc3ccccc3c21)Oc1ccccc1. The minimum absolute atomic E-state index is 0.0215. The molecule has 0 saturated heterocycles. The molecular formula is C30H40N5O6P. The molecule has 0 bridgehead atoms. The van der Waals surface area contributed by atoms with Gasteiger partial charge >= 0.3 is 13.7 Å². The molecule has 0 fully saturated rings. The van der Waals surface area contributed by atoms with Gasteiger partial charge in [-0.2, -0.15) is 5.09 Å². The van der Waals surface area contributed by atoms with E-state index in [4.69, 9.17) is 29.2 Å². The Morgan fingerprint density at radius 2 is 1.81 bits per heavy atom. The Morgan fingerprint density at radius 3 is 2.52 bits per heavy atom. The first-order valence-corrected chi connectivity index (χ1v) is 15.9. The quantitative estimate of drug-likeness (QED) is 0.0874. The van der Waals surface area contributed by atoms with E-state index in [1.54, 1.807) is 31.2 Å². The van der Waals surface area contributed by atoms with Gasteiger partial charge in [-0.3, -0.25) is 9.32 Å². The number of rotatable bonds is 16. The molecule has 0 amide bonds. The van der Waals surface area contributed by atoms with Crippen molar-refractivity contribution in [2.75, 3.05) is 25.6 Å². The Hall–Kier alpha value is -3.50. The molecule has 12 heteroatoms. The lowest BCUT2D eigenvalue weighted by atomic mass is 10.1. The third kappa shape index (κ3) is 7.46. The summed E-state index contributed by atoms with van der Waals surface area (Å²) in [6.07, 6.45) is 2.22. The number of benzene rings is 2. The number of aromatic nitrogens is 3. The molecule has 0 spiro atoms. The zero-order valence-corrected chi connectivity index (χ0v) is 25.5. The number of nitrogens with one attached hydrogen (secondary N) is 1. The van der Waals surface area contributed by atoms with Crippen LogP contribution in [0.15, 0.2) is 54.6 Å². The van der Waals surface area contributed by atoms with Crippen molar-refractivity contribution >= 4 is 41.5 Å². The molecule has 42 heavy (non-hydrogen) atoms. The standard InChI is InChI=1S/C30H40N5O6P/c1-5-8-18-39-30(36)21(4)34-42(37,41-23-14-10-9-11-15-23)40-19-22(6-2)35-26(20-38-7-3)33-27-28(35)24-16-12-13-17-25(24)32-29(27)31/h9-17,21-22H,5-8,18-20H2,1-4H3,(H2,31,32)(H,34,37)/t21-,22+,42?/m0/s1. The molecule has 4 aromatic rings. The number of nitrogens with two attached hydrogens (primary N) is 1. The summed E-state index contributed by atoms with van der Waals surface area (Å²) >= 11 is 0. The highest BCUT2D eigenvalue weighted by molar-refractivity contribution is 7.52. The van der Waals surface area contributed by atoms with Gasteiger partial charge < -0.3 is 24.3 Å². The molecule has 11 nitrogen and oxygen atoms in total. The van der Waals surface area contributed by atoms with Crippen LogP contribution in [0.3, 0.4) is 0 Å². The number of carbonyl (C=O) groups excluding carboxylic acids is 1. The first kappa shape index (κ1) is 31.4. The molecule has 2 heterocycles. The second-order valence-electron chi connectivity index (χ2n) is 9.88. The molecule has 3 N–H and O–H groups in total. The van der Waals surface area contributed by atoms with Crippen molar-refractivity contribution in [1.29, 1.82) is 0 Å². The number of ether oxygens (including phenoxy) is 2. The van der Waals surface area contributed by atoms with E-state index in [9.17, 15) is 9.36 Å². The molecule has 0 saturated carbocycles. The van der Waals surface area contributed by atoms with E-state index >= 15 is 0 Å². The molecule has 2 aromatic carbocycles. The van der Waals surface area contributed by atoms with Crippen LogP contribution in [-0.2, 0) is 30.0 Å². The van der Waals surface area contributed by atoms with E-state index in [0.717, 1.165) is 29.3 Å². The fraction of sp³-hybridized carbons (Fsp3) is 0.433. The number of carbonyl (C=O) groups is 1. The highest BCUT2D eigenvalue weighted by Crippen LogP contribution is 2.46. The molecule has 226 valence electrons. The third-order valence-corrected chi connectivity index (χ3v) is 8.40. The maximum Gasteiger partial charge on any atom is 0.459 e. The van der Waals surface area contributed by atoms with Gasteiger partial charge in [-0.15, -0.1) is 0 Å². The van der Waals surface area contributed by atoms with E-state index in [1.165, 1.54) is 0 Å². The first-order valence-electron chi connectivity index (χ1n) is 14.4. The van der Waals surface area contributed by atoms with Gasteiger partial charge in [0.1, 0.15) is 29.7 Å². The van der Waals surface area contributed by atoms with Crippen molar-refractivity contribution in [3.05, 3.63) is 60.4 Å². The Balaban J connectivity index is 1.68. The third-order valence-electron chi connectivity index (χ3n) is 6.75. The number of imidazole rings is 1. The topological polar surface area (TPSA) is 140 Å². The van der Waals surface area contributed by atoms with Gasteiger partial charge in [0.15, 0.2) is 5.82 Å². The van der Waals surface area contributed by atoms with E-state index in [0.29, 0.717) is 35.9 Å². The maximum absolute atomic E-state index is 14.2. The molecule has 0 aliphatic heterocycles. The average Bonchev–Trinajstić information content (AvgIpc) is 3.37. The average molecular weight is 598 g/mol. The number of nitrogen functional groups attached to an aromatic ring is 1. The van der Waals surface area contributed by atoms with Gasteiger partial charge in [0.25, 0.3) is 0 Å². The number of fused-ring (bicyclic) bond motifs is 3. The lowest BCUT2D eigenvalue weighted by Crippen LogP contribution is -2.35. The van der Waals surface area contributed by atoms with Crippen LogP contribution >= 0.6 is 7.75 Å². The van der Waals surface area contributed by atoms with Crippen molar-refractivity contribution in [1.82, 2.24) is 19.6 Å². The largest absolute Gasteiger partial charge is 0.465 e. The second kappa shape index (κ2) is 14.6. The Kier molecular flexibility index (Phi) is 10.9. The molecule has 1 unspecified atom stereocenters.